The van der Waals surface area contributed by atoms with Gasteiger partial charge < -0.3 is 9.30 Å². The lowest BCUT2D eigenvalue weighted by atomic mass is 10.2. The summed E-state index contributed by atoms with van der Waals surface area (Å²) in [6.07, 6.45) is 3.92. The van der Waals surface area contributed by atoms with E-state index in [0.717, 1.165) is 0 Å². The Bertz CT molecular complexity index is 621. The topological polar surface area (TPSA) is 87.3 Å². The van der Waals surface area contributed by atoms with Crippen LogP contribution in [0.1, 0.15) is 16.2 Å². The number of aldehydes is 1. The number of nitrogens with zero attached hydrogens (tertiary/aromatic N) is 3. The molecular formula is C12H11N3O4. The summed E-state index contributed by atoms with van der Waals surface area (Å²) in [7, 11) is 1.80. The lowest BCUT2D eigenvalue weighted by Crippen LogP contribution is -2.04. The molecule has 0 aliphatic rings. The smallest absolute Gasteiger partial charge is 0.311 e. The van der Waals surface area contributed by atoms with Crippen molar-refractivity contribution in [3.63, 3.8) is 0 Å². The van der Waals surface area contributed by atoms with Crippen LogP contribution in [-0.2, 0) is 13.7 Å². The fourth-order valence-electron chi connectivity index (χ4n) is 1.55. The van der Waals surface area contributed by atoms with Crippen LogP contribution in [0, 0.1) is 10.1 Å². The van der Waals surface area contributed by atoms with E-state index in [1.54, 1.807) is 24.0 Å². The van der Waals surface area contributed by atoms with Gasteiger partial charge in [0.2, 0.25) is 0 Å². The first-order valence-electron chi connectivity index (χ1n) is 5.44. The molecule has 0 unspecified atom stereocenters. The number of nitro benzene ring substituents is 1. The fraction of sp³-hybridized carbons (Fsp3) is 0.167. The fourth-order valence-corrected chi connectivity index (χ4v) is 1.55. The first-order chi connectivity index (χ1) is 9.11. The summed E-state index contributed by atoms with van der Waals surface area (Å²) in [6.45, 7) is 0.116. The Kier molecular flexibility index (Phi) is 3.56. The zero-order valence-electron chi connectivity index (χ0n) is 10.1. The van der Waals surface area contributed by atoms with Crippen molar-refractivity contribution in [2.45, 2.75) is 6.61 Å². The molecule has 2 rings (SSSR count). The SMILES string of the molecule is Cn1ccnc1COc1ccc(C=O)cc1[N+](=O)[O-]. The van der Waals surface area contributed by atoms with Crippen LogP contribution in [0.2, 0.25) is 0 Å². The number of aromatic nitrogens is 2. The van der Waals surface area contributed by atoms with Crippen molar-refractivity contribution in [1.82, 2.24) is 9.55 Å². The van der Waals surface area contributed by atoms with Crippen molar-refractivity contribution in [2.75, 3.05) is 0 Å². The molecule has 0 radical (unpaired) electrons. The van der Waals surface area contributed by atoms with Crippen molar-refractivity contribution in [2.24, 2.45) is 7.05 Å². The summed E-state index contributed by atoms with van der Waals surface area (Å²) < 4.78 is 7.14. The Morgan fingerprint density at radius 3 is 2.89 bits per heavy atom. The highest BCUT2D eigenvalue weighted by atomic mass is 16.6. The molecule has 1 heterocycles. The average Bonchev–Trinajstić information content (AvgIpc) is 2.81. The summed E-state index contributed by atoms with van der Waals surface area (Å²) in [5.41, 5.74) is -0.00477. The molecule has 1 aromatic heterocycles. The molecule has 0 aliphatic carbocycles. The maximum Gasteiger partial charge on any atom is 0.311 e. The Morgan fingerprint density at radius 1 is 1.53 bits per heavy atom. The Labute approximate surface area is 108 Å². The minimum atomic E-state index is -0.583. The summed E-state index contributed by atoms with van der Waals surface area (Å²) in [6, 6.07) is 4.05. The minimum absolute atomic E-state index is 0.110. The van der Waals surface area contributed by atoms with E-state index in [2.05, 4.69) is 4.98 Å². The summed E-state index contributed by atoms with van der Waals surface area (Å²) in [4.78, 5) is 25.0. The zero-order chi connectivity index (χ0) is 13.8. The predicted octanol–water partition coefficient (Wildman–Crippen LogP) is 1.72. The van der Waals surface area contributed by atoms with E-state index in [0.29, 0.717) is 12.1 Å². The molecule has 0 aliphatic heterocycles. The van der Waals surface area contributed by atoms with Gasteiger partial charge in [0.25, 0.3) is 0 Å². The van der Waals surface area contributed by atoms with Crippen molar-refractivity contribution < 1.29 is 14.5 Å². The minimum Gasteiger partial charge on any atom is -0.479 e. The zero-order valence-corrected chi connectivity index (χ0v) is 10.1. The second-order valence-corrected chi connectivity index (χ2v) is 3.85. The molecule has 0 saturated carbocycles. The number of hydrogen-bond acceptors (Lipinski definition) is 5. The molecule has 0 N–H and O–H groups in total. The average molecular weight is 261 g/mol. The standard InChI is InChI=1S/C12H11N3O4/c1-14-5-4-13-12(14)8-19-11-3-2-9(7-16)6-10(11)15(17)18/h2-7H,8H2,1H3. The molecule has 0 amide bonds. The lowest BCUT2D eigenvalue weighted by molar-refractivity contribution is -0.386. The molecule has 7 nitrogen and oxygen atoms in total. The van der Waals surface area contributed by atoms with Crippen molar-refractivity contribution in [3.05, 3.63) is 52.1 Å². The van der Waals surface area contributed by atoms with Crippen LogP contribution in [0.4, 0.5) is 5.69 Å². The van der Waals surface area contributed by atoms with Gasteiger partial charge in [-0.3, -0.25) is 14.9 Å². The highest BCUT2D eigenvalue weighted by molar-refractivity contribution is 5.77. The Morgan fingerprint density at radius 2 is 2.32 bits per heavy atom. The van der Waals surface area contributed by atoms with E-state index in [-0.39, 0.29) is 23.6 Å². The number of imidazole rings is 1. The van der Waals surface area contributed by atoms with Gasteiger partial charge in [0, 0.05) is 31.1 Å². The molecule has 2 aromatic rings. The number of carbonyl (C=O) groups excluding carboxylic acids is 1. The van der Waals surface area contributed by atoms with Crippen molar-refractivity contribution in [3.8, 4) is 5.75 Å². The van der Waals surface area contributed by atoms with Gasteiger partial charge in [-0.15, -0.1) is 0 Å². The molecule has 0 atom stereocenters. The Balaban J connectivity index is 2.22. The first kappa shape index (κ1) is 12.7. The van der Waals surface area contributed by atoms with Gasteiger partial charge in [0.05, 0.1) is 4.92 Å². The van der Waals surface area contributed by atoms with Crippen LogP contribution < -0.4 is 4.74 Å². The lowest BCUT2D eigenvalue weighted by Gasteiger charge is -2.07. The number of benzene rings is 1. The second-order valence-electron chi connectivity index (χ2n) is 3.85. The maximum absolute atomic E-state index is 10.9. The van der Waals surface area contributed by atoms with E-state index >= 15 is 0 Å². The highest BCUT2D eigenvalue weighted by Gasteiger charge is 2.16. The van der Waals surface area contributed by atoms with E-state index < -0.39 is 4.92 Å². The van der Waals surface area contributed by atoms with Crippen LogP contribution in [0.25, 0.3) is 0 Å². The number of carbonyl (C=O) groups is 1. The van der Waals surface area contributed by atoms with E-state index in [1.165, 1.54) is 18.2 Å². The second kappa shape index (κ2) is 5.30. The third-order valence-electron chi connectivity index (χ3n) is 2.59. The third kappa shape index (κ3) is 2.76. The van der Waals surface area contributed by atoms with E-state index in [9.17, 15) is 14.9 Å². The molecule has 0 saturated heterocycles. The van der Waals surface area contributed by atoms with Crippen molar-refractivity contribution >= 4 is 12.0 Å². The van der Waals surface area contributed by atoms with E-state index in [1.807, 2.05) is 0 Å². The van der Waals surface area contributed by atoms with Crippen LogP contribution in [0.15, 0.2) is 30.6 Å². The van der Waals surface area contributed by atoms with Gasteiger partial charge in [-0.2, -0.15) is 0 Å². The van der Waals surface area contributed by atoms with Crippen LogP contribution in [-0.4, -0.2) is 20.8 Å². The normalized spacial score (nSPS) is 10.2. The number of hydrogen-bond donors (Lipinski definition) is 0. The van der Waals surface area contributed by atoms with E-state index in [4.69, 9.17) is 4.74 Å². The quantitative estimate of drug-likeness (QED) is 0.464. The van der Waals surface area contributed by atoms with Gasteiger partial charge in [-0.25, -0.2) is 4.98 Å². The summed E-state index contributed by atoms with van der Waals surface area (Å²) in [5.74, 6) is 0.757. The number of aryl methyl sites for hydroxylation is 1. The predicted molar refractivity (Wildman–Crippen MR) is 66.0 cm³/mol. The number of ether oxygens (including phenoxy) is 1. The van der Waals surface area contributed by atoms with Crippen molar-refractivity contribution in [1.29, 1.82) is 0 Å². The maximum atomic E-state index is 10.9. The largest absolute Gasteiger partial charge is 0.479 e. The van der Waals surface area contributed by atoms with Crippen LogP contribution in [0.3, 0.4) is 0 Å². The van der Waals surface area contributed by atoms with Gasteiger partial charge in [0.1, 0.15) is 18.7 Å². The first-order valence-corrected chi connectivity index (χ1v) is 5.44. The molecule has 0 bridgehead atoms. The van der Waals surface area contributed by atoms with Crippen LogP contribution >= 0.6 is 0 Å². The van der Waals surface area contributed by atoms with Gasteiger partial charge in [-0.1, -0.05) is 0 Å². The van der Waals surface area contributed by atoms with Gasteiger partial charge >= 0.3 is 5.69 Å². The monoisotopic (exact) mass is 261 g/mol. The summed E-state index contributed by atoms with van der Waals surface area (Å²) >= 11 is 0. The van der Waals surface area contributed by atoms with Gasteiger partial charge in [-0.05, 0) is 12.1 Å². The molecule has 1 aromatic carbocycles. The molecule has 0 spiro atoms. The Hall–Kier alpha value is -2.70. The third-order valence-corrected chi connectivity index (χ3v) is 2.59. The molecule has 0 fully saturated rings. The molecular weight excluding hydrogens is 250 g/mol. The number of nitro groups is 1. The molecule has 98 valence electrons. The van der Waals surface area contributed by atoms with Gasteiger partial charge in [0.15, 0.2) is 5.75 Å². The highest BCUT2D eigenvalue weighted by Crippen LogP contribution is 2.28. The molecule has 7 heteroatoms. The summed E-state index contributed by atoms with van der Waals surface area (Å²) in [5, 5.41) is 10.9. The number of rotatable bonds is 5. The molecule has 19 heavy (non-hydrogen) atoms. The van der Waals surface area contributed by atoms with Crippen LogP contribution in [0.5, 0.6) is 5.75 Å².